The molecule has 0 aromatic heterocycles. The minimum atomic E-state index is -3.66. The highest BCUT2D eigenvalue weighted by Gasteiger charge is 2.35. The number of piperidine rings is 1. The van der Waals surface area contributed by atoms with Crippen molar-refractivity contribution in [1.29, 1.82) is 0 Å². The van der Waals surface area contributed by atoms with Gasteiger partial charge in [0, 0.05) is 39.3 Å². The summed E-state index contributed by atoms with van der Waals surface area (Å²) in [6, 6.07) is 25.2. The van der Waals surface area contributed by atoms with E-state index in [1.54, 1.807) is 17.0 Å². The SMILES string of the molecule is CCS(=O)(=O)N(CCOC)CC(=O)N(Cc1cccc(F)c1)C1CCN(C(=O)C(c2ccccc2)c2ccccc2)CC1. The van der Waals surface area contributed by atoms with Gasteiger partial charge in [-0.1, -0.05) is 72.8 Å². The molecule has 3 aromatic carbocycles. The molecule has 0 saturated carbocycles. The second kappa shape index (κ2) is 15.2. The zero-order valence-electron chi connectivity index (χ0n) is 24.8. The van der Waals surface area contributed by atoms with Crippen LogP contribution in [-0.4, -0.2) is 86.0 Å². The van der Waals surface area contributed by atoms with Gasteiger partial charge in [0.1, 0.15) is 5.82 Å². The molecule has 1 heterocycles. The van der Waals surface area contributed by atoms with Crippen LogP contribution in [0.5, 0.6) is 0 Å². The van der Waals surface area contributed by atoms with E-state index in [-0.39, 0.29) is 49.9 Å². The summed E-state index contributed by atoms with van der Waals surface area (Å²) >= 11 is 0. The molecule has 2 amide bonds. The first kappa shape index (κ1) is 32.3. The first-order valence-electron chi connectivity index (χ1n) is 14.6. The summed E-state index contributed by atoms with van der Waals surface area (Å²) in [5.41, 5.74) is 2.44. The largest absolute Gasteiger partial charge is 0.383 e. The number of halogens is 1. The highest BCUT2D eigenvalue weighted by atomic mass is 32.2. The number of hydrogen-bond donors (Lipinski definition) is 0. The summed E-state index contributed by atoms with van der Waals surface area (Å²) in [5.74, 6) is -1.36. The number of likely N-dealkylation sites (tertiary alicyclic amines) is 1. The Hall–Kier alpha value is -3.60. The van der Waals surface area contributed by atoms with Crippen LogP contribution in [0, 0.1) is 5.82 Å². The molecule has 0 radical (unpaired) electrons. The fourth-order valence-electron chi connectivity index (χ4n) is 5.54. The van der Waals surface area contributed by atoms with E-state index in [4.69, 9.17) is 4.74 Å². The molecular weight excluding hydrogens is 569 g/mol. The van der Waals surface area contributed by atoms with Crippen molar-refractivity contribution in [3.05, 3.63) is 107 Å². The molecule has 1 fully saturated rings. The van der Waals surface area contributed by atoms with Crippen LogP contribution < -0.4 is 0 Å². The highest BCUT2D eigenvalue weighted by molar-refractivity contribution is 7.89. The van der Waals surface area contributed by atoms with Gasteiger partial charge in [0.2, 0.25) is 21.8 Å². The van der Waals surface area contributed by atoms with Crippen molar-refractivity contribution >= 4 is 21.8 Å². The van der Waals surface area contributed by atoms with Gasteiger partial charge in [0.15, 0.2) is 0 Å². The second-order valence-electron chi connectivity index (χ2n) is 10.7. The maximum atomic E-state index is 14.1. The molecule has 1 aliphatic rings. The molecule has 3 aromatic rings. The minimum Gasteiger partial charge on any atom is -0.383 e. The predicted octanol–water partition coefficient (Wildman–Crippen LogP) is 4.28. The van der Waals surface area contributed by atoms with Gasteiger partial charge in [-0.25, -0.2) is 12.8 Å². The number of nitrogens with zero attached hydrogens (tertiary/aromatic N) is 3. The van der Waals surface area contributed by atoms with Crippen LogP contribution in [0.1, 0.15) is 42.4 Å². The number of carbonyl (C=O) groups excluding carboxylic acids is 2. The molecule has 0 atom stereocenters. The Balaban J connectivity index is 1.54. The maximum Gasteiger partial charge on any atom is 0.238 e. The summed E-state index contributed by atoms with van der Waals surface area (Å²) in [4.78, 5) is 31.2. The van der Waals surface area contributed by atoms with Crippen molar-refractivity contribution in [1.82, 2.24) is 14.1 Å². The third-order valence-corrected chi connectivity index (χ3v) is 9.73. The minimum absolute atomic E-state index is 0.00126. The summed E-state index contributed by atoms with van der Waals surface area (Å²) in [5, 5.41) is 0. The summed E-state index contributed by atoms with van der Waals surface area (Å²) in [7, 11) is -2.18. The van der Waals surface area contributed by atoms with Gasteiger partial charge in [-0.2, -0.15) is 4.31 Å². The van der Waals surface area contributed by atoms with Gasteiger partial charge >= 0.3 is 0 Å². The fraction of sp³-hybridized carbons (Fsp3) is 0.394. The Bertz CT molecular complexity index is 1410. The molecule has 4 rings (SSSR count). The third kappa shape index (κ3) is 8.49. The van der Waals surface area contributed by atoms with Gasteiger partial charge in [-0.05, 0) is 48.6 Å². The van der Waals surface area contributed by atoms with E-state index < -0.39 is 21.8 Å². The van der Waals surface area contributed by atoms with Crippen molar-refractivity contribution in [3.63, 3.8) is 0 Å². The van der Waals surface area contributed by atoms with Crippen LogP contribution in [-0.2, 0) is 30.9 Å². The lowest BCUT2D eigenvalue weighted by molar-refractivity contribution is -0.137. The van der Waals surface area contributed by atoms with Gasteiger partial charge in [0.05, 0.1) is 24.8 Å². The Kier molecular flexibility index (Phi) is 11.4. The number of rotatable bonds is 13. The van der Waals surface area contributed by atoms with E-state index >= 15 is 0 Å². The predicted molar refractivity (Wildman–Crippen MR) is 164 cm³/mol. The number of sulfonamides is 1. The van der Waals surface area contributed by atoms with Crippen LogP contribution in [0.4, 0.5) is 4.39 Å². The molecule has 0 N–H and O–H groups in total. The van der Waals surface area contributed by atoms with Gasteiger partial charge in [-0.3, -0.25) is 9.59 Å². The normalized spacial score (nSPS) is 14.3. The van der Waals surface area contributed by atoms with E-state index in [1.165, 1.54) is 26.2 Å². The quantitative estimate of drug-likeness (QED) is 0.289. The van der Waals surface area contributed by atoms with Crippen LogP contribution in [0.3, 0.4) is 0 Å². The van der Waals surface area contributed by atoms with Crippen LogP contribution >= 0.6 is 0 Å². The summed E-state index contributed by atoms with van der Waals surface area (Å²) < 4.78 is 45.8. The van der Waals surface area contributed by atoms with Crippen molar-refractivity contribution < 1.29 is 27.1 Å². The number of carbonyl (C=O) groups is 2. The number of benzene rings is 3. The van der Waals surface area contributed by atoms with Crippen LogP contribution in [0.2, 0.25) is 0 Å². The number of ether oxygens (including phenoxy) is 1. The average molecular weight is 610 g/mol. The van der Waals surface area contributed by atoms with Gasteiger partial charge < -0.3 is 14.5 Å². The highest BCUT2D eigenvalue weighted by Crippen LogP contribution is 2.29. The third-order valence-electron chi connectivity index (χ3n) is 7.91. The lowest BCUT2D eigenvalue weighted by atomic mass is 9.89. The second-order valence-corrected chi connectivity index (χ2v) is 12.9. The maximum absolute atomic E-state index is 14.1. The first-order valence-corrected chi connectivity index (χ1v) is 16.2. The molecular formula is C33H40FN3O5S. The molecule has 1 saturated heterocycles. The Morgan fingerprint density at radius 1 is 0.953 bits per heavy atom. The lowest BCUT2D eigenvalue weighted by Gasteiger charge is -2.40. The Morgan fingerprint density at radius 3 is 2.09 bits per heavy atom. The topological polar surface area (TPSA) is 87.2 Å². The molecule has 230 valence electrons. The molecule has 43 heavy (non-hydrogen) atoms. The van der Waals surface area contributed by atoms with Crippen molar-refractivity contribution in [2.75, 3.05) is 45.6 Å². The number of hydrogen-bond acceptors (Lipinski definition) is 5. The van der Waals surface area contributed by atoms with E-state index in [2.05, 4.69) is 0 Å². The van der Waals surface area contributed by atoms with Crippen molar-refractivity contribution in [2.24, 2.45) is 0 Å². The van der Waals surface area contributed by atoms with E-state index in [0.717, 1.165) is 15.4 Å². The lowest BCUT2D eigenvalue weighted by Crippen LogP contribution is -2.52. The Morgan fingerprint density at radius 2 is 1.56 bits per heavy atom. The van der Waals surface area contributed by atoms with Gasteiger partial charge in [-0.15, -0.1) is 0 Å². The molecule has 10 heteroatoms. The monoisotopic (exact) mass is 609 g/mol. The molecule has 0 spiro atoms. The van der Waals surface area contributed by atoms with Crippen molar-refractivity contribution in [3.8, 4) is 0 Å². The zero-order chi connectivity index (χ0) is 30.8. The van der Waals surface area contributed by atoms with E-state index in [0.29, 0.717) is 31.5 Å². The van der Waals surface area contributed by atoms with E-state index in [9.17, 15) is 22.4 Å². The van der Waals surface area contributed by atoms with Crippen LogP contribution in [0.15, 0.2) is 84.9 Å². The number of amides is 2. The smallest absolute Gasteiger partial charge is 0.238 e. The first-order chi connectivity index (χ1) is 20.7. The summed E-state index contributed by atoms with van der Waals surface area (Å²) in [6.07, 6.45) is 1.03. The Labute approximate surface area is 254 Å². The zero-order valence-corrected chi connectivity index (χ0v) is 25.6. The molecule has 0 unspecified atom stereocenters. The molecule has 0 bridgehead atoms. The fourth-order valence-corrected chi connectivity index (χ4v) is 6.56. The number of methoxy groups -OCH3 is 1. The summed E-state index contributed by atoms with van der Waals surface area (Å²) in [6.45, 7) is 2.42. The van der Waals surface area contributed by atoms with Crippen LogP contribution in [0.25, 0.3) is 0 Å². The molecule has 0 aliphatic carbocycles. The van der Waals surface area contributed by atoms with Gasteiger partial charge in [0.25, 0.3) is 0 Å². The standard InChI is InChI=1S/C33H40FN3O5S/c1-3-43(40,41)36(21-22-42-2)25-31(38)37(24-26-11-10-16-29(34)23-26)30-17-19-35(20-18-30)33(39)32(27-12-6-4-7-13-27)28-14-8-5-9-15-28/h4-16,23,30,32H,3,17-22,24-25H2,1-2H3. The molecule has 8 nitrogen and oxygen atoms in total. The van der Waals surface area contributed by atoms with E-state index in [1.807, 2.05) is 65.6 Å². The average Bonchev–Trinajstić information content (AvgIpc) is 3.03. The molecule has 1 aliphatic heterocycles. The van der Waals surface area contributed by atoms with Crippen molar-refractivity contribution in [2.45, 2.75) is 38.3 Å².